The van der Waals surface area contributed by atoms with E-state index < -0.39 is 0 Å². The number of hydrogen-bond acceptors (Lipinski definition) is 4. The molecule has 0 bridgehead atoms. The maximum atomic E-state index is 5.57. The highest BCUT2D eigenvalue weighted by Crippen LogP contribution is 2.10. The average molecular weight is 238 g/mol. The van der Waals surface area contributed by atoms with Gasteiger partial charge in [0.05, 0.1) is 19.8 Å². The van der Waals surface area contributed by atoms with Crippen molar-refractivity contribution in [1.29, 1.82) is 0 Å². The number of thiocarbonyl (C=S) groups is 1. The maximum absolute atomic E-state index is 5.57. The van der Waals surface area contributed by atoms with Crippen molar-refractivity contribution in [3.63, 3.8) is 0 Å². The molecule has 1 aromatic rings. The molecule has 1 aliphatic rings. The van der Waals surface area contributed by atoms with E-state index in [-0.39, 0.29) is 11.3 Å². The van der Waals surface area contributed by atoms with E-state index in [2.05, 4.69) is 0 Å². The predicted octanol–water partition coefficient (Wildman–Crippen LogP) is 2.29. The number of hydrogen-bond donors (Lipinski definition) is 0. The van der Waals surface area contributed by atoms with Gasteiger partial charge in [-0.1, -0.05) is 30.3 Å². The first-order valence-electron chi connectivity index (χ1n) is 5.29. The van der Waals surface area contributed by atoms with Crippen LogP contribution in [0.15, 0.2) is 30.3 Å². The summed E-state index contributed by atoms with van der Waals surface area (Å²) in [7, 11) is 0. The van der Waals surface area contributed by atoms with Gasteiger partial charge >= 0.3 is 5.24 Å². The van der Waals surface area contributed by atoms with Crippen molar-refractivity contribution >= 4 is 17.5 Å². The Hall–Kier alpha value is -1.13. The second-order valence-corrected chi connectivity index (χ2v) is 3.96. The Morgan fingerprint density at radius 3 is 2.88 bits per heavy atom. The normalized spacial score (nSPS) is 20.0. The molecule has 0 aromatic heterocycles. The van der Waals surface area contributed by atoms with Crippen molar-refractivity contribution in [1.82, 2.24) is 0 Å². The van der Waals surface area contributed by atoms with Crippen molar-refractivity contribution in [2.24, 2.45) is 0 Å². The van der Waals surface area contributed by atoms with E-state index in [0.717, 1.165) is 12.0 Å². The molecule has 1 fully saturated rings. The summed E-state index contributed by atoms with van der Waals surface area (Å²) in [5.74, 6) is 0. The minimum absolute atomic E-state index is 0.0324. The van der Waals surface area contributed by atoms with Crippen LogP contribution in [-0.2, 0) is 20.8 Å². The molecule has 0 radical (unpaired) electrons. The van der Waals surface area contributed by atoms with E-state index in [1.165, 1.54) is 0 Å². The third-order valence-electron chi connectivity index (χ3n) is 2.34. The highest BCUT2D eigenvalue weighted by molar-refractivity contribution is 7.79. The van der Waals surface area contributed by atoms with Gasteiger partial charge in [-0.3, -0.25) is 0 Å². The lowest BCUT2D eigenvalue weighted by Gasteiger charge is -2.24. The van der Waals surface area contributed by atoms with Gasteiger partial charge in [0.2, 0.25) is 0 Å². The van der Waals surface area contributed by atoms with Gasteiger partial charge < -0.3 is 14.2 Å². The summed E-state index contributed by atoms with van der Waals surface area (Å²) >= 11 is 4.83. The van der Waals surface area contributed by atoms with Crippen LogP contribution in [0, 0.1) is 0 Å². The highest BCUT2D eigenvalue weighted by Gasteiger charge is 2.18. The van der Waals surface area contributed by atoms with Crippen LogP contribution in [0.2, 0.25) is 0 Å². The fourth-order valence-electron chi connectivity index (χ4n) is 1.50. The number of ether oxygens (including phenoxy) is 3. The molecule has 16 heavy (non-hydrogen) atoms. The molecule has 4 heteroatoms. The van der Waals surface area contributed by atoms with Gasteiger partial charge in [0.25, 0.3) is 0 Å². The molecule has 1 heterocycles. The quantitative estimate of drug-likeness (QED) is 0.752. The molecule has 0 spiro atoms. The lowest BCUT2D eigenvalue weighted by atomic mass is 10.2. The van der Waals surface area contributed by atoms with Crippen molar-refractivity contribution in [3.05, 3.63) is 35.9 Å². The zero-order valence-corrected chi connectivity index (χ0v) is 9.74. The summed E-state index contributed by atoms with van der Waals surface area (Å²) in [4.78, 5) is 0. The van der Waals surface area contributed by atoms with Crippen molar-refractivity contribution in [3.8, 4) is 0 Å². The lowest BCUT2D eigenvalue weighted by Crippen LogP contribution is -2.30. The average Bonchev–Trinajstić information content (AvgIpc) is 2.30. The monoisotopic (exact) mass is 238 g/mol. The standard InChI is InChI=1S/C12H14O3S/c16-12-14-7-6-11(15-12)9-13-8-10-4-2-1-3-5-10/h1-5,11H,6-9H2. The highest BCUT2D eigenvalue weighted by atomic mass is 32.1. The lowest BCUT2D eigenvalue weighted by molar-refractivity contribution is -0.0161. The Bertz CT molecular complexity index is 339. The van der Waals surface area contributed by atoms with Gasteiger partial charge in [0, 0.05) is 18.6 Å². The Balaban J connectivity index is 1.70. The molecule has 86 valence electrons. The SMILES string of the molecule is S=C1OCCC(COCc2ccccc2)O1. The molecule has 0 aliphatic carbocycles. The molecule has 1 atom stereocenters. The minimum Gasteiger partial charge on any atom is -0.457 e. The summed E-state index contributed by atoms with van der Waals surface area (Å²) in [5, 5.41) is 0.236. The third kappa shape index (κ3) is 3.47. The van der Waals surface area contributed by atoms with Gasteiger partial charge in [-0.2, -0.15) is 0 Å². The molecule has 0 N–H and O–H groups in total. The molecule has 1 aliphatic heterocycles. The molecule has 1 saturated heterocycles. The van der Waals surface area contributed by atoms with E-state index in [9.17, 15) is 0 Å². The van der Waals surface area contributed by atoms with Crippen LogP contribution in [0.25, 0.3) is 0 Å². The largest absolute Gasteiger partial charge is 0.457 e. The summed E-state index contributed by atoms with van der Waals surface area (Å²) in [6, 6.07) is 10.1. The zero-order valence-electron chi connectivity index (χ0n) is 8.93. The van der Waals surface area contributed by atoms with Gasteiger partial charge in [0.1, 0.15) is 6.10 Å². The Morgan fingerprint density at radius 1 is 1.31 bits per heavy atom. The predicted molar refractivity (Wildman–Crippen MR) is 64.1 cm³/mol. The fraction of sp³-hybridized carbons (Fsp3) is 0.417. The van der Waals surface area contributed by atoms with Crippen molar-refractivity contribution < 1.29 is 14.2 Å². The summed E-state index contributed by atoms with van der Waals surface area (Å²) in [6.45, 7) is 1.78. The van der Waals surface area contributed by atoms with E-state index >= 15 is 0 Å². The van der Waals surface area contributed by atoms with Crippen LogP contribution < -0.4 is 0 Å². The molecular weight excluding hydrogens is 224 g/mol. The van der Waals surface area contributed by atoms with Crippen molar-refractivity contribution in [2.75, 3.05) is 13.2 Å². The number of benzene rings is 1. The molecule has 1 unspecified atom stereocenters. The van der Waals surface area contributed by atoms with Crippen LogP contribution in [-0.4, -0.2) is 24.6 Å². The zero-order chi connectivity index (χ0) is 11.2. The molecule has 1 aromatic carbocycles. The third-order valence-corrected chi connectivity index (χ3v) is 2.55. The fourth-order valence-corrected chi connectivity index (χ4v) is 1.72. The van der Waals surface area contributed by atoms with E-state index in [4.69, 9.17) is 26.4 Å². The molecule has 2 rings (SSSR count). The van der Waals surface area contributed by atoms with E-state index in [1.807, 2.05) is 30.3 Å². The first-order chi connectivity index (χ1) is 7.84. The second kappa shape index (κ2) is 5.82. The summed E-state index contributed by atoms with van der Waals surface area (Å²) < 4.78 is 15.9. The first kappa shape index (κ1) is 11.4. The topological polar surface area (TPSA) is 27.7 Å². The van der Waals surface area contributed by atoms with Crippen molar-refractivity contribution in [2.45, 2.75) is 19.1 Å². The maximum Gasteiger partial charge on any atom is 0.352 e. The second-order valence-electron chi connectivity index (χ2n) is 3.63. The summed E-state index contributed by atoms with van der Waals surface area (Å²) in [5.41, 5.74) is 1.16. The van der Waals surface area contributed by atoms with Gasteiger partial charge in [-0.15, -0.1) is 0 Å². The van der Waals surface area contributed by atoms with E-state index in [0.29, 0.717) is 19.8 Å². The molecule has 0 saturated carbocycles. The molecular formula is C12H14O3S. The minimum atomic E-state index is 0.0324. The Kier molecular flexibility index (Phi) is 4.13. The Labute approximate surface area is 100 Å². The number of rotatable bonds is 4. The van der Waals surface area contributed by atoms with Gasteiger partial charge in [-0.25, -0.2) is 0 Å². The molecule has 0 amide bonds. The smallest absolute Gasteiger partial charge is 0.352 e. The molecule has 3 nitrogen and oxygen atoms in total. The van der Waals surface area contributed by atoms with E-state index in [1.54, 1.807) is 0 Å². The van der Waals surface area contributed by atoms with Crippen LogP contribution >= 0.6 is 12.2 Å². The summed E-state index contributed by atoms with van der Waals surface area (Å²) in [6.07, 6.45) is 0.861. The van der Waals surface area contributed by atoms with Crippen LogP contribution in [0.4, 0.5) is 0 Å². The van der Waals surface area contributed by atoms with Crippen LogP contribution in [0.5, 0.6) is 0 Å². The van der Waals surface area contributed by atoms with Crippen LogP contribution in [0.1, 0.15) is 12.0 Å². The first-order valence-corrected chi connectivity index (χ1v) is 5.70. The Morgan fingerprint density at radius 2 is 2.12 bits per heavy atom. The van der Waals surface area contributed by atoms with Gasteiger partial charge in [0.15, 0.2) is 0 Å². The van der Waals surface area contributed by atoms with Crippen LogP contribution in [0.3, 0.4) is 0 Å². The van der Waals surface area contributed by atoms with Gasteiger partial charge in [-0.05, 0) is 5.56 Å².